The largest absolute Gasteiger partial charge is 0.478 e. The smallest absolute Gasteiger partial charge is 0.339 e. The summed E-state index contributed by atoms with van der Waals surface area (Å²) in [5, 5.41) is 12.8. The van der Waals surface area contributed by atoms with Crippen molar-refractivity contribution in [3.63, 3.8) is 0 Å². The zero-order valence-corrected chi connectivity index (χ0v) is 9.21. The first-order valence-corrected chi connectivity index (χ1v) is 5.16. The Morgan fingerprint density at radius 1 is 1.60 bits per heavy atom. The van der Waals surface area contributed by atoms with Gasteiger partial charge in [0.05, 0.1) is 16.8 Å². The summed E-state index contributed by atoms with van der Waals surface area (Å²) in [6, 6.07) is 0. The number of halogens is 1. The van der Waals surface area contributed by atoms with Gasteiger partial charge in [0.15, 0.2) is 4.47 Å². The number of hydrogen-bond acceptors (Lipinski definition) is 4. The molecule has 7 heteroatoms. The van der Waals surface area contributed by atoms with Gasteiger partial charge in [0.25, 0.3) is 0 Å². The Kier molecular flexibility index (Phi) is 2.45. The second-order valence-corrected chi connectivity index (χ2v) is 4.43. The van der Waals surface area contributed by atoms with Crippen molar-refractivity contribution in [3.05, 3.63) is 22.4 Å². The minimum absolute atomic E-state index is 0.151. The van der Waals surface area contributed by atoms with Crippen LogP contribution in [-0.2, 0) is 7.05 Å². The van der Waals surface area contributed by atoms with Crippen LogP contribution in [0, 0.1) is 0 Å². The summed E-state index contributed by atoms with van der Waals surface area (Å²) in [6.07, 6.45) is 2.85. The second-order valence-electron chi connectivity index (χ2n) is 2.81. The Morgan fingerprint density at radius 2 is 2.33 bits per heavy atom. The molecule has 0 saturated carbocycles. The summed E-state index contributed by atoms with van der Waals surface area (Å²) >= 11 is 6.91. The minimum Gasteiger partial charge on any atom is -0.478 e. The summed E-state index contributed by atoms with van der Waals surface area (Å²) in [5.41, 5.74) is 0.671. The molecule has 0 spiro atoms. The van der Waals surface area contributed by atoms with Gasteiger partial charge in [0.2, 0.25) is 0 Å². The molecule has 0 radical (unpaired) electrons. The van der Waals surface area contributed by atoms with Crippen molar-refractivity contribution in [1.29, 1.82) is 0 Å². The standard InChI is InChI=1S/C8H6ClN3O2S/c1-12-6(4(2-11-12)7(13)14)5-3-10-8(9)15-5/h2-3H,1H3,(H,13,14). The summed E-state index contributed by atoms with van der Waals surface area (Å²) < 4.78 is 1.87. The monoisotopic (exact) mass is 243 g/mol. The molecule has 2 aromatic rings. The molecule has 2 heterocycles. The van der Waals surface area contributed by atoms with E-state index in [9.17, 15) is 4.79 Å². The van der Waals surface area contributed by atoms with Gasteiger partial charge < -0.3 is 5.11 Å². The van der Waals surface area contributed by atoms with Gasteiger partial charge >= 0.3 is 5.97 Å². The average Bonchev–Trinajstić information content (AvgIpc) is 2.71. The van der Waals surface area contributed by atoms with E-state index in [1.807, 2.05) is 0 Å². The molecular weight excluding hydrogens is 238 g/mol. The Morgan fingerprint density at radius 3 is 2.87 bits per heavy atom. The number of carboxylic acids is 1. The molecule has 0 amide bonds. The van der Waals surface area contributed by atoms with Gasteiger partial charge in [-0.1, -0.05) is 11.6 Å². The summed E-state index contributed by atoms with van der Waals surface area (Å²) in [7, 11) is 1.68. The summed E-state index contributed by atoms with van der Waals surface area (Å²) in [6.45, 7) is 0. The van der Waals surface area contributed by atoms with Crippen molar-refractivity contribution < 1.29 is 9.90 Å². The molecule has 0 aliphatic carbocycles. The predicted octanol–water partition coefficient (Wildman–Crippen LogP) is 1.90. The fourth-order valence-electron chi connectivity index (χ4n) is 1.25. The molecule has 2 aromatic heterocycles. The summed E-state index contributed by atoms with van der Waals surface area (Å²) in [4.78, 5) is 15.5. The maximum atomic E-state index is 10.9. The number of rotatable bonds is 2. The third-order valence-electron chi connectivity index (χ3n) is 1.88. The van der Waals surface area contributed by atoms with Crippen LogP contribution in [0.15, 0.2) is 12.4 Å². The number of aromatic nitrogens is 3. The Labute approximate surface area is 93.9 Å². The van der Waals surface area contributed by atoms with E-state index in [-0.39, 0.29) is 5.56 Å². The lowest BCUT2D eigenvalue weighted by Crippen LogP contribution is -1.99. The number of thiazole rings is 1. The Hall–Kier alpha value is -1.40. The topological polar surface area (TPSA) is 68.0 Å². The lowest BCUT2D eigenvalue weighted by molar-refractivity contribution is 0.0697. The van der Waals surface area contributed by atoms with Gasteiger partial charge in [0, 0.05) is 13.2 Å². The van der Waals surface area contributed by atoms with E-state index in [1.54, 1.807) is 7.05 Å². The molecule has 78 valence electrons. The van der Waals surface area contributed by atoms with Gasteiger partial charge in [0.1, 0.15) is 5.56 Å². The van der Waals surface area contributed by atoms with E-state index in [4.69, 9.17) is 16.7 Å². The second kappa shape index (κ2) is 3.63. The highest BCUT2D eigenvalue weighted by Crippen LogP contribution is 2.30. The number of aromatic carboxylic acids is 1. The first-order chi connectivity index (χ1) is 7.09. The lowest BCUT2D eigenvalue weighted by atomic mass is 10.2. The molecule has 5 nitrogen and oxygen atoms in total. The van der Waals surface area contributed by atoms with E-state index in [2.05, 4.69) is 10.1 Å². The molecular formula is C8H6ClN3O2S. The lowest BCUT2D eigenvalue weighted by Gasteiger charge is -1.98. The van der Waals surface area contributed by atoms with Crippen LogP contribution in [0.3, 0.4) is 0 Å². The first-order valence-electron chi connectivity index (χ1n) is 3.96. The van der Waals surface area contributed by atoms with Gasteiger partial charge in [-0.25, -0.2) is 9.78 Å². The van der Waals surface area contributed by atoms with E-state index < -0.39 is 5.97 Å². The minimum atomic E-state index is -1.01. The third kappa shape index (κ3) is 1.73. The van der Waals surface area contributed by atoms with Crippen LogP contribution in [0.2, 0.25) is 4.47 Å². The van der Waals surface area contributed by atoms with Crippen LogP contribution in [0.4, 0.5) is 0 Å². The fraction of sp³-hybridized carbons (Fsp3) is 0.125. The number of nitrogens with zero attached hydrogens (tertiary/aromatic N) is 3. The maximum absolute atomic E-state index is 10.9. The van der Waals surface area contributed by atoms with Crippen molar-refractivity contribution in [2.45, 2.75) is 0 Å². The maximum Gasteiger partial charge on any atom is 0.339 e. The zero-order valence-electron chi connectivity index (χ0n) is 7.64. The Balaban J connectivity index is 2.60. The molecule has 0 aliphatic rings. The molecule has 0 fully saturated rings. The highest BCUT2D eigenvalue weighted by atomic mass is 35.5. The van der Waals surface area contributed by atoms with E-state index >= 15 is 0 Å². The highest BCUT2D eigenvalue weighted by Gasteiger charge is 2.18. The van der Waals surface area contributed by atoms with Crippen LogP contribution in [0.1, 0.15) is 10.4 Å². The number of carbonyl (C=O) groups is 1. The number of hydrogen-bond donors (Lipinski definition) is 1. The molecule has 0 bridgehead atoms. The fourth-order valence-corrected chi connectivity index (χ4v) is 2.28. The van der Waals surface area contributed by atoms with Crippen molar-refractivity contribution in [3.8, 4) is 10.6 Å². The quantitative estimate of drug-likeness (QED) is 0.875. The van der Waals surface area contributed by atoms with Crippen molar-refractivity contribution in [1.82, 2.24) is 14.8 Å². The Bertz CT molecular complexity index is 520. The highest BCUT2D eigenvalue weighted by molar-refractivity contribution is 7.18. The van der Waals surface area contributed by atoms with Gasteiger partial charge in [-0.3, -0.25) is 4.68 Å². The zero-order chi connectivity index (χ0) is 11.0. The normalized spacial score (nSPS) is 10.5. The summed E-state index contributed by atoms with van der Waals surface area (Å²) in [5.74, 6) is -1.01. The predicted molar refractivity (Wildman–Crippen MR) is 56.3 cm³/mol. The molecule has 15 heavy (non-hydrogen) atoms. The average molecular weight is 244 g/mol. The van der Waals surface area contributed by atoms with Crippen molar-refractivity contribution in [2.75, 3.05) is 0 Å². The van der Waals surface area contributed by atoms with Gasteiger partial charge in [-0.2, -0.15) is 5.10 Å². The number of aryl methyl sites for hydroxylation is 1. The van der Waals surface area contributed by atoms with Crippen LogP contribution < -0.4 is 0 Å². The van der Waals surface area contributed by atoms with Crippen LogP contribution in [0.25, 0.3) is 10.6 Å². The van der Waals surface area contributed by atoms with Crippen molar-refractivity contribution in [2.24, 2.45) is 7.05 Å². The molecule has 0 atom stereocenters. The van der Waals surface area contributed by atoms with Crippen LogP contribution in [0.5, 0.6) is 0 Å². The molecule has 1 N–H and O–H groups in total. The van der Waals surface area contributed by atoms with Gasteiger partial charge in [-0.15, -0.1) is 11.3 Å². The van der Waals surface area contributed by atoms with E-state index in [0.29, 0.717) is 15.0 Å². The molecule has 0 aliphatic heterocycles. The first kappa shape index (κ1) is 10.1. The molecule has 0 aromatic carbocycles. The van der Waals surface area contributed by atoms with E-state index in [1.165, 1.54) is 28.4 Å². The third-order valence-corrected chi connectivity index (χ3v) is 3.00. The van der Waals surface area contributed by atoms with Crippen LogP contribution >= 0.6 is 22.9 Å². The van der Waals surface area contributed by atoms with Crippen LogP contribution in [-0.4, -0.2) is 25.8 Å². The van der Waals surface area contributed by atoms with E-state index in [0.717, 1.165) is 0 Å². The molecule has 0 unspecified atom stereocenters. The molecule has 2 rings (SSSR count). The van der Waals surface area contributed by atoms with Crippen molar-refractivity contribution >= 4 is 28.9 Å². The number of carboxylic acid groups (broad SMARTS) is 1. The SMILES string of the molecule is Cn1ncc(C(=O)O)c1-c1cnc(Cl)s1. The van der Waals surface area contributed by atoms with Gasteiger partial charge in [-0.05, 0) is 0 Å². The molecule has 0 saturated heterocycles.